The van der Waals surface area contributed by atoms with Crippen molar-refractivity contribution in [1.82, 2.24) is 10.9 Å². The molecule has 4 nitrogen and oxygen atoms in total. The molecule has 0 aromatic carbocycles. The van der Waals surface area contributed by atoms with Crippen LogP contribution >= 0.6 is 12.4 Å². The van der Waals surface area contributed by atoms with Crippen LogP contribution in [-0.2, 0) is 9.53 Å². The Bertz CT molecular complexity index is 323. The second kappa shape index (κ2) is 6.63. The Kier molecular flexibility index (Phi) is 5.32. The third-order valence-electron chi connectivity index (χ3n) is 5.33. The number of hydrogen-bond acceptors (Lipinski definition) is 4. The molecule has 20 heavy (non-hydrogen) atoms. The number of carbonyl (C=O) groups is 1. The minimum atomic E-state index is -0.267. The first-order valence-corrected chi connectivity index (χ1v) is 7.85. The molecular formula is C15H27ClN2O2. The van der Waals surface area contributed by atoms with Gasteiger partial charge in [0.25, 0.3) is 0 Å². The van der Waals surface area contributed by atoms with E-state index in [2.05, 4.69) is 10.9 Å². The molecule has 1 atom stereocenters. The molecule has 4 aliphatic rings. The van der Waals surface area contributed by atoms with Crippen LogP contribution < -0.4 is 10.9 Å². The Balaban J connectivity index is 0.00000147. The Labute approximate surface area is 127 Å². The number of esters is 1. The lowest BCUT2D eigenvalue weighted by atomic mass is 9.54. The third kappa shape index (κ3) is 3.12. The lowest BCUT2D eigenvalue weighted by molar-refractivity contribution is -0.145. The fourth-order valence-electron chi connectivity index (χ4n) is 4.71. The Morgan fingerprint density at radius 2 is 1.70 bits per heavy atom. The normalized spacial score (nSPS) is 39.2. The van der Waals surface area contributed by atoms with Crippen molar-refractivity contribution in [1.29, 1.82) is 0 Å². The van der Waals surface area contributed by atoms with Crippen molar-refractivity contribution >= 4 is 18.4 Å². The molecule has 0 radical (unpaired) electrons. The van der Waals surface area contributed by atoms with E-state index in [1.165, 1.54) is 32.1 Å². The summed E-state index contributed by atoms with van der Waals surface area (Å²) in [6.07, 6.45) is 7.03. The number of hydrazine groups is 1. The highest BCUT2D eigenvalue weighted by atomic mass is 35.5. The van der Waals surface area contributed by atoms with Gasteiger partial charge in [0.1, 0.15) is 6.04 Å². The average Bonchev–Trinajstić information content (AvgIpc) is 2.37. The quantitative estimate of drug-likeness (QED) is 0.604. The van der Waals surface area contributed by atoms with E-state index in [9.17, 15) is 4.79 Å². The molecule has 1 unspecified atom stereocenters. The summed E-state index contributed by atoms with van der Waals surface area (Å²) < 4.78 is 5.02. The first kappa shape index (κ1) is 16.1. The fourth-order valence-corrected chi connectivity index (χ4v) is 4.71. The molecule has 4 saturated carbocycles. The van der Waals surface area contributed by atoms with Crippen LogP contribution in [0.15, 0.2) is 0 Å². The number of nitrogens with one attached hydrogen (secondary N) is 2. The molecule has 0 spiro atoms. The maximum atomic E-state index is 11.6. The summed E-state index contributed by atoms with van der Waals surface area (Å²) in [4.78, 5) is 11.6. The topological polar surface area (TPSA) is 50.4 Å². The van der Waals surface area contributed by atoms with Crippen molar-refractivity contribution in [3.63, 3.8) is 0 Å². The maximum Gasteiger partial charge on any atom is 0.324 e. The van der Waals surface area contributed by atoms with E-state index < -0.39 is 0 Å². The molecule has 0 aromatic rings. The number of hydrogen-bond donors (Lipinski definition) is 2. The van der Waals surface area contributed by atoms with Crippen LogP contribution in [0.25, 0.3) is 0 Å². The molecule has 4 aliphatic carbocycles. The first-order chi connectivity index (χ1) is 9.17. The van der Waals surface area contributed by atoms with Gasteiger partial charge in [0.2, 0.25) is 0 Å². The standard InChI is InChI=1S/C15H26N2O2.ClH/c1-3-19-15(18)9(2)16-17-14-12-5-10-4-11(7-12)8-13(14)6-10;/h9-14,16-17H,3-8H2,1-2H3;1H. The molecule has 2 N–H and O–H groups in total. The molecule has 0 saturated heterocycles. The first-order valence-electron chi connectivity index (χ1n) is 7.85. The van der Waals surface area contributed by atoms with Crippen LogP contribution in [0, 0.1) is 23.7 Å². The molecule has 0 amide bonds. The van der Waals surface area contributed by atoms with Crippen molar-refractivity contribution in [3.05, 3.63) is 0 Å². The van der Waals surface area contributed by atoms with Crippen molar-refractivity contribution < 1.29 is 9.53 Å². The highest BCUT2D eigenvalue weighted by Gasteiger charge is 2.48. The van der Waals surface area contributed by atoms with Crippen LogP contribution in [-0.4, -0.2) is 24.7 Å². The monoisotopic (exact) mass is 302 g/mol. The van der Waals surface area contributed by atoms with Gasteiger partial charge in [-0.15, -0.1) is 12.4 Å². The van der Waals surface area contributed by atoms with Gasteiger partial charge in [-0.25, -0.2) is 5.43 Å². The molecule has 0 aromatic heterocycles. The van der Waals surface area contributed by atoms with E-state index in [1.807, 2.05) is 13.8 Å². The van der Waals surface area contributed by atoms with Gasteiger partial charge < -0.3 is 4.74 Å². The third-order valence-corrected chi connectivity index (χ3v) is 5.33. The van der Waals surface area contributed by atoms with Crippen molar-refractivity contribution in [2.24, 2.45) is 23.7 Å². The van der Waals surface area contributed by atoms with E-state index in [1.54, 1.807) is 0 Å². The van der Waals surface area contributed by atoms with E-state index >= 15 is 0 Å². The molecule has 116 valence electrons. The molecule has 4 bridgehead atoms. The van der Waals surface area contributed by atoms with Crippen LogP contribution in [0.4, 0.5) is 0 Å². The Morgan fingerprint density at radius 1 is 1.15 bits per heavy atom. The van der Waals surface area contributed by atoms with Crippen molar-refractivity contribution in [2.45, 2.75) is 58.0 Å². The Hall–Kier alpha value is -0.320. The maximum absolute atomic E-state index is 11.6. The van der Waals surface area contributed by atoms with Gasteiger partial charge in [-0.3, -0.25) is 10.2 Å². The van der Waals surface area contributed by atoms with Gasteiger partial charge >= 0.3 is 5.97 Å². The van der Waals surface area contributed by atoms with Gasteiger partial charge in [-0.05, 0) is 69.6 Å². The highest BCUT2D eigenvalue weighted by molar-refractivity contribution is 5.85. The van der Waals surface area contributed by atoms with Crippen LogP contribution in [0.2, 0.25) is 0 Å². The zero-order valence-corrected chi connectivity index (χ0v) is 13.2. The number of carbonyl (C=O) groups excluding carboxylic acids is 1. The number of halogens is 1. The van der Waals surface area contributed by atoms with Crippen LogP contribution in [0.5, 0.6) is 0 Å². The SMILES string of the molecule is CCOC(=O)C(C)NNC1C2CC3CC(C2)CC1C3.Cl. The minimum absolute atomic E-state index is 0. The number of ether oxygens (including phenoxy) is 1. The molecule has 4 fully saturated rings. The lowest BCUT2D eigenvalue weighted by Crippen LogP contribution is -2.60. The Morgan fingerprint density at radius 3 is 2.20 bits per heavy atom. The van der Waals surface area contributed by atoms with E-state index in [-0.39, 0.29) is 24.4 Å². The predicted molar refractivity (Wildman–Crippen MR) is 80.4 cm³/mol. The minimum Gasteiger partial charge on any atom is -0.465 e. The molecule has 0 aliphatic heterocycles. The largest absolute Gasteiger partial charge is 0.465 e. The second-order valence-electron chi connectivity index (χ2n) is 6.72. The van der Waals surface area contributed by atoms with Gasteiger partial charge in [-0.1, -0.05) is 0 Å². The molecule has 5 heteroatoms. The molecule has 0 heterocycles. The zero-order valence-electron chi connectivity index (χ0n) is 12.4. The summed E-state index contributed by atoms with van der Waals surface area (Å²) in [6.45, 7) is 4.15. The fraction of sp³-hybridized carbons (Fsp3) is 0.933. The summed E-state index contributed by atoms with van der Waals surface area (Å²) in [7, 11) is 0. The summed E-state index contributed by atoms with van der Waals surface area (Å²) >= 11 is 0. The van der Waals surface area contributed by atoms with E-state index in [0.29, 0.717) is 12.6 Å². The highest BCUT2D eigenvalue weighted by Crippen LogP contribution is 2.53. The average molecular weight is 303 g/mol. The summed E-state index contributed by atoms with van der Waals surface area (Å²) in [5, 5.41) is 0. The van der Waals surface area contributed by atoms with Gasteiger partial charge in [0.15, 0.2) is 0 Å². The lowest BCUT2D eigenvalue weighted by Gasteiger charge is -2.54. The summed E-state index contributed by atoms with van der Waals surface area (Å²) in [6, 6.07) is 0.293. The number of rotatable bonds is 5. The smallest absolute Gasteiger partial charge is 0.324 e. The van der Waals surface area contributed by atoms with Gasteiger partial charge in [-0.2, -0.15) is 0 Å². The second-order valence-corrected chi connectivity index (χ2v) is 6.72. The zero-order chi connectivity index (χ0) is 13.4. The van der Waals surface area contributed by atoms with Gasteiger partial charge in [0.05, 0.1) is 6.61 Å². The molecular weight excluding hydrogens is 276 g/mol. The predicted octanol–water partition coefficient (Wildman–Crippen LogP) is 2.28. The summed E-state index contributed by atoms with van der Waals surface area (Å²) in [5.41, 5.74) is 6.62. The van der Waals surface area contributed by atoms with Crippen molar-refractivity contribution in [3.8, 4) is 0 Å². The van der Waals surface area contributed by atoms with Crippen LogP contribution in [0.1, 0.15) is 46.0 Å². The van der Waals surface area contributed by atoms with Crippen molar-refractivity contribution in [2.75, 3.05) is 6.61 Å². The van der Waals surface area contributed by atoms with Gasteiger partial charge in [0, 0.05) is 6.04 Å². The molecule has 4 rings (SSSR count). The van der Waals surface area contributed by atoms with Crippen LogP contribution in [0.3, 0.4) is 0 Å². The van der Waals surface area contributed by atoms with E-state index in [4.69, 9.17) is 4.74 Å². The summed E-state index contributed by atoms with van der Waals surface area (Å²) in [5.74, 6) is 3.45. The van der Waals surface area contributed by atoms with E-state index in [0.717, 1.165) is 23.7 Å².